The molecule has 25 heavy (non-hydrogen) atoms. The van der Waals surface area contributed by atoms with Crippen molar-refractivity contribution in [1.82, 2.24) is 19.6 Å². The van der Waals surface area contributed by atoms with Gasteiger partial charge in [0.05, 0.1) is 26.2 Å². The summed E-state index contributed by atoms with van der Waals surface area (Å²) in [7, 11) is 1.50. The van der Waals surface area contributed by atoms with Crippen molar-refractivity contribution in [3.63, 3.8) is 0 Å². The normalized spacial score (nSPS) is 21.2. The van der Waals surface area contributed by atoms with Crippen LogP contribution >= 0.6 is 0 Å². The van der Waals surface area contributed by atoms with E-state index in [-0.39, 0.29) is 31.4 Å². The van der Waals surface area contributed by atoms with E-state index in [9.17, 15) is 14.7 Å². The molecule has 3 rings (SSSR count). The molecule has 2 aromatic heterocycles. The highest BCUT2D eigenvalue weighted by molar-refractivity contribution is 5.93. The Labute approximate surface area is 145 Å². The highest BCUT2D eigenvalue weighted by Crippen LogP contribution is 2.19. The van der Waals surface area contributed by atoms with Gasteiger partial charge in [-0.1, -0.05) is 6.07 Å². The Morgan fingerprint density at radius 3 is 2.96 bits per heavy atom. The third-order valence-corrected chi connectivity index (χ3v) is 4.24. The average molecular weight is 346 g/mol. The molecule has 1 fully saturated rings. The van der Waals surface area contributed by atoms with Crippen LogP contribution in [0.5, 0.6) is 0 Å². The van der Waals surface area contributed by atoms with Crippen LogP contribution in [0.4, 0.5) is 0 Å². The summed E-state index contributed by atoms with van der Waals surface area (Å²) in [5.41, 5.74) is 0.629. The van der Waals surface area contributed by atoms with Crippen LogP contribution in [-0.2, 0) is 9.53 Å². The minimum atomic E-state index is -1.41. The van der Waals surface area contributed by atoms with Crippen LogP contribution in [0.3, 0.4) is 0 Å². The molecular weight excluding hydrogens is 324 g/mol. The standard InChI is InChI=1S/C17H22N4O4/c1-12-3-4-14-19-13(9-21(14)8-12)16(23)20-5-6-25-11-17(24,10-20)7-15(22)18-2/h3-4,8-9,24H,5-7,10-11H2,1-2H3,(H,18,22)/t17-/m0/s1. The van der Waals surface area contributed by atoms with Crippen LogP contribution in [0.1, 0.15) is 22.5 Å². The minimum Gasteiger partial charge on any atom is -0.385 e. The number of aryl methyl sites for hydroxylation is 1. The first-order valence-corrected chi connectivity index (χ1v) is 8.15. The number of carbonyl (C=O) groups excluding carboxylic acids is 2. The fraction of sp³-hybridized carbons (Fsp3) is 0.471. The number of hydrogen-bond acceptors (Lipinski definition) is 5. The predicted octanol–water partition coefficient (Wildman–Crippen LogP) is -0.0177. The molecule has 0 aliphatic carbocycles. The van der Waals surface area contributed by atoms with Crippen LogP contribution in [0, 0.1) is 6.92 Å². The van der Waals surface area contributed by atoms with E-state index in [4.69, 9.17) is 4.74 Å². The Kier molecular flexibility index (Phi) is 4.73. The SMILES string of the molecule is CNC(=O)C[C@@]1(O)COCCN(C(=O)c2cn3cc(C)ccc3n2)C1. The molecule has 2 amide bonds. The maximum atomic E-state index is 12.8. The van der Waals surface area contributed by atoms with Gasteiger partial charge in [-0.3, -0.25) is 9.59 Å². The Bertz CT molecular complexity index is 803. The number of carbonyl (C=O) groups is 2. The number of ether oxygens (including phenoxy) is 1. The average Bonchev–Trinajstić information content (AvgIpc) is 2.89. The molecule has 134 valence electrons. The van der Waals surface area contributed by atoms with Gasteiger partial charge < -0.3 is 24.5 Å². The fourth-order valence-corrected chi connectivity index (χ4v) is 2.95. The maximum Gasteiger partial charge on any atom is 0.274 e. The van der Waals surface area contributed by atoms with Gasteiger partial charge in [-0.2, -0.15) is 0 Å². The predicted molar refractivity (Wildman–Crippen MR) is 90.3 cm³/mol. The van der Waals surface area contributed by atoms with Gasteiger partial charge in [-0.15, -0.1) is 0 Å². The van der Waals surface area contributed by atoms with E-state index in [0.29, 0.717) is 24.5 Å². The van der Waals surface area contributed by atoms with E-state index in [1.54, 1.807) is 10.6 Å². The molecule has 0 spiro atoms. The number of fused-ring (bicyclic) bond motifs is 1. The molecule has 0 aromatic carbocycles. The molecule has 1 atom stereocenters. The van der Waals surface area contributed by atoms with Crippen molar-refractivity contribution < 1.29 is 19.4 Å². The van der Waals surface area contributed by atoms with Gasteiger partial charge >= 0.3 is 0 Å². The lowest BCUT2D eigenvalue weighted by molar-refractivity contribution is -0.128. The summed E-state index contributed by atoms with van der Waals surface area (Å²) >= 11 is 0. The van der Waals surface area contributed by atoms with Gasteiger partial charge in [-0.25, -0.2) is 4.98 Å². The first kappa shape index (κ1) is 17.4. The zero-order chi connectivity index (χ0) is 18.0. The van der Waals surface area contributed by atoms with Crippen LogP contribution in [0.2, 0.25) is 0 Å². The Balaban J connectivity index is 1.82. The molecule has 1 aliphatic heterocycles. The van der Waals surface area contributed by atoms with Gasteiger partial charge in [0.15, 0.2) is 0 Å². The second-order valence-corrected chi connectivity index (χ2v) is 6.45. The monoisotopic (exact) mass is 346 g/mol. The van der Waals surface area contributed by atoms with Crippen molar-refractivity contribution in [2.45, 2.75) is 18.9 Å². The molecule has 0 saturated carbocycles. The summed E-state index contributed by atoms with van der Waals surface area (Å²) in [6.07, 6.45) is 3.44. The van der Waals surface area contributed by atoms with Crippen LogP contribution in [-0.4, -0.2) is 70.2 Å². The van der Waals surface area contributed by atoms with Crippen molar-refractivity contribution in [2.24, 2.45) is 0 Å². The molecule has 2 N–H and O–H groups in total. The second-order valence-electron chi connectivity index (χ2n) is 6.45. The van der Waals surface area contributed by atoms with Gasteiger partial charge in [0, 0.05) is 26.0 Å². The van der Waals surface area contributed by atoms with E-state index in [2.05, 4.69) is 10.3 Å². The van der Waals surface area contributed by atoms with E-state index in [1.165, 1.54) is 11.9 Å². The number of nitrogens with one attached hydrogen (secondary N) is 1. The molecule has 0 unspecified atom stereocenters. The van der Waals surface area contributed by atoms with Crippen LogP contribution in [0.25, 0.3) is 5.65 Å². The Hall–Kier alpha value is -2.45. The van der Waals surface area contributed by atoms with E-state index in [0.717, 1.165) is 5.56 Å². The zero-order valence-corrected chi connectivity index (χ0v) is 14.4. The molecule has 8 heteroatoms. The minimum absolute atomic E-state index is 0.00849. The number of pyridine rings is 1. The molecule has 1 saturated heterocycles. The number of hydrogen-bond donors (Lipinski definition) is 2. The van der Waals surface area contributed by atoms with E-state index < -0.39 is 5.60 Å². The number of rotatable bonds is 3. The summed E-state index contributed by atoms with van der Waals surface area (Å²) in [6.45, 7) is 2.63. The first-order valence-electron chi connectivity index (χ1n) is 8.15. The first-order chi connectivity index (χ1) is 11.9. The van der Waals surface area contributed by atoms with Crippen LogP contribution in [0.15, 0.2) is 24.5 Å². The van der Waals surface area contributed by atoms with E-state index >= 15 is 0 Å². The van der Waals surface area contributed by atoms with E-state index in [1.807, 2.05) is 25.3 Å². The smallest absolute Gasteiger partial charge is 0.274 e. The summed E-state index contributed by atoms with van der Waals surface area (Å²) < 4.78 is 7.20. The number of aliphatic hydroxyl groups is 1. The topological polar surface area (TPSA) is 96.2 Å². The van der Waals surface area contributed by atoms with Gasteiger partial charge in [0.1, 0.15) is 16.9 Å². The third kappa shape index (κ3) is 3.80. The second kappa shape index (κ2) is 6.81. The molecule has 0 radical (unpaired) electrons. The maximum absolute atomic E-state index is 12.8. The third-order valence-electron chi connectivity index (χ3n) is 4.24. The molecule has 0 bridgehead atoms. The van der Waals surface area contributed by atoms with Gasteiger partial charge in [0.2, 0.25) is 5.91 Å². The van der Waals surface area contributed by atoms with Gasteiger partial charge in [0.25, 0.3) is 5.91 Å². The van der Waals surface area contributed by atoms with Crippen molar-refractivity contribution in [1.29, 1.82) is 0 Å². The quantitative estimate of drug-likeness (QED) is 0.814. The largest absolute Gasteiger partial charge is 0.385 e. The lowest BCUT2D eigenvalue weighted by atomic mass is 9.99. The Morgan fingerprint density at radius 1 is 1.40 bits per heavy atom. The summed E-state index contributed by atoms with van der Waals surface area (Å²) in [5, 5.41) is 13.2. The van der Waals surface area contributed by atoms with Crippen molar-refractivity contribution in [3.8, 4) is 0 Å². The Morgan fingerprint density at radius 2 is 2.20 bits per heavy atom. The van der Waals surface area contributed by atoms with Crippen molar-refractivity contribution in [2.75, 3.05) is 33.4 Å². The lowest BCUT2D eigenvalue weighted by Gasteiger charge is -2.29. The van der Waals surface area contributed by atoms with Crippen LogP contribution < -0.4 is 5.32 Å². The summed E-state index contributed by atoms with van der Waals surface area (Å²) in [4.78, 5) is 30.3. The van der Waals surface area contributed by atoms with Crippen molar-refractivity contribution >= 4 is 17.5 Å². The number of nitrogens with zero attached hydrogens (tertiary/aromatic N) is 3. The van der Waals surface area contributed by atoms with Gasteiger partial charge in [-0.05, 0) is 18.6 Å². The fourth-order valence-electron chi connectivity index (χ4n) is 2.95. The number of β-amino-alcohol motifs (C(OH)–C–C–N with tert-alkyl or cyclic N) is 1. The number of aromatic nitrogens is 2. The number of amides is 2. The number of imidazole rings is 1. The molecule has 2 aromatic rings. The summed E-state index contributed by atoms with van der Waals surface area (Å²) in [6, 6.07) is 3.78. The summed E-state index contributed by atoms with van der Waals surface area (Å²) in [5.74, 6) is -0.592. The lowest BCUT2D eigenvalue weighted by Crippen LogP contribution is -2.49. The molecule has 3 heterocycles. The molecule has 8 nitrogen and oxygen atoms in total. The zero-order valence-electron chi connectivity index (χ0n) is 14.4. The van der Waals surface area contributed by atoms with Crippen molar-refractivity contribution in [3.05, 3.63) is 35.8 Å². The molecule has 1 aliphatic rings. The highest BCUT2D eigenvalue weighted by Gasteiger charge is 2.37. The highest BCUT2D eigenvalue weighted by atomic mass is 16.5. The molecular formula is C17H22N4O4.